The Morgan fingerprint density at radius 2 is 1.94 bits per heavy atom. The number of benzene rings is 2. The van der Waals surface area contributed by atoms with Gasteiger partial charge in [-0.05, 0) is 55.7 Å². The van der Waals surface area contributed by atoms with E-state index in [1.165, 1.54) is 22.5 Å². The molecule has 0 saturated carbocycles. The van der Waals surface area contributed by atoms with Crippen molar-refractivity contribution in [3.63, 3.8) is 0 Å². The van der Waals surface area contributed by atoms with Crippen molar-refractivity contribution < 1.29 is 22.7 Å². The van der Waals surface area contributed by atoms with Crippen LogP contribution in [0.1, 0.15) is 18.4 Å². The third-order valence-corrected chi connectivity index (χ3v) is 7.79. The van der Waals surface area contributed by atoms with E-state index in [0.717, 1.165) is 5.56 Å². The molecule has 2 aromatic carbocycles. The van der Waals surface area contributed by atoms with Gasteiger partial charge in [0.1, 0.15) is 5.75 Å². The van der Waals surface area contributed by atoms with E-state index in [1.54, 1.807) is 12.1 Å². The summed E-state index contributed by atoms with van der Waals surface area (Å²) in [6, 6.07) is 9.73. The topological polar surface area (TPSA) is 105 Å². The normalized spacial score (nSPS) is 17.4. The molecule has 10 heteroatoms. The van der Waals surface area contributed by atoms with Gasteiger partial charge in [-0.2, -0.15) is 4.31 Å². The summed E-state index contributed by atoms with van der Waals surface area (Å²) < 4.78 is 32.7. The summed E-state index contributed by atoms with van der Waals surface area (Å²) in [5, 5.41) is 6.05. The van der Waals surface area contributed by atoms with Gasteiger partial charge in [-0.25, -0.2) is 8.42 Å². The Morgan fingerprint density at radius 3 is 2.65 bits per heavy atom. The molecule has 0 bridgehead atoms. The first-order valence-electron chi connectivity index (χ1n) is 9.88. The highest BCUT2D eigenvalue weighted by Gasteiger charge is 2.33. The summed E-state index contributed by atoms with van der Waals surface area (Å²) in [5.41, 5.74) is 1.88. The Kier molecular flexibility index (Phi) is 5.92. The number of sulfonamides is 1. The highest BCUT2D eigenvalue weighted by atomic mass is 35.5. The highest BCUT2D eigenvalue weighted by Crippen LogP contribution is 2.32. The molecule has 2 heterocycles. The van der Waals surface area contributed by atoms with Crippen LogP contribution in [0.3, 0.4) is 0 Å². The smallest absolute Gasteiger partial charge is 0.262 e. The number of ether oxygens (including phenoxy) is 1. The van der Waals surface area contributed by atoms with E-state index in [2.05, 4.69) is 10.6 Å². The SMILES string of the molecule is Cc1ccc(NC(=O)C2CCN(S(=O)(=O)c3ccc4c(c3)NC(=O)CO4)CC2)cc1Cl. The largest absolute Gasteiger partial charge is 0.482 e. The molecular formula is C21H22ClN3O5S. The molecule has 0 spiro atoms. The van der Waals surface area contributed by atoms with Crippen LogP contribution < -0.4 is 15.4 Å². The Labute approximate surface area is 185 Å². The number of amides is 2. The molecular weight excluding hydrogens is 442 g/mol. The monoisotopic (exact) mass is 463 g/mol. The molecule has 2 N–H and O–H groups in total. The van der Waals surface area contributed by atoms with E-state index in [-0.39, 0.29) is 42.3 Å². The van der Waals surface area contributed by atoms with Gasteiger partial charge in [0.25, 0.3) is 5.91 Å². The number of piperidine rings is 1. The summed E-state index contributed by atoms with van der Waals surface area (Å²) in [6.07, 6.45) is 0.824. The van der Waals surface area contributed by atoms with E-state index < -0.39 is 10.0 Å². The summed E-state index contributed by atoms with van der Waals surface area (Å²) >= 11 is 6.11. The molecule has 0 radical (unpaired) electrons. The number of nitrogens with one attached hydrogen (secondary N) is 2. The van der Waals surface area contributed by atoms with Gasteiger partial charge in [-0.15, -0.1) is 0 Å². The molecule has 2 amide bonds. The average Bonchev–Trinajstić information content (AvgIpc) is 2.75. The Bertz CT molecular complexity index is 1140. The van der Waals surface area contributed by atoms with Crippen LogP contribution in [-0.2, 0) is 19.6 Å². The maximum absolute atomic E-state index is 13.0. The molecule has 164 valence electrons. The minimum Gasteiger partial charge on any atom is -0.482 e. The third-order valence-electron chi connectivity index (χ3n) is 5.49. The molecule has 2 aliphatic rings. The second kappa shape index (κ2) is 8.49. The first-order valence-corrected chi connectivity index (χ1v) is 11.7. The number of hydrogen-bond donors (Lipinski definition) is 2. The number of carbonyl (C=O) groups excluding carboxylic acids is 2. The number of aryl methyl sites for hydroxylation is 1. The molecule has 0 atom stereocenters. The number of halogens is 1. The number of carbonyl (C=O) groups is 2. The van der Waals surface area contributed by atoms with Crippen molar-refractivity contribution in [3.8, 4) is 5.75 Å². The van der Waals surface area contributed by atoms with Crippen molar-refractivity contribution in [2.45, 2.75) is 24.7 Å². The van der Waals surface area contributed by atoms with E-state index in [0.29, 0.717) is 35.0 Å². The Balaban J connectivity index is 1.41. The molecule has 1 fully saturated rings. The van der Waals surface area contributed by atoms with Gasteiger partial charge in [0.2, 0.25) is 15.9 Å². The van der Waals surface area contributed by atoms with Gasteiger partial charge in [0, 0.05) is 29.7 Å². The Hall–Kier alpha value is -2.62. The highest BCUT2D eigenvalue weighted by molar-refractivity contribution is 7.89. The second-order valence-electron chi connectivity index (χ2n) is 7.63. The minimum atomic E-state index is -3.75. The van der Waals surface area contributed by atoms with Crippen molar-refractivity contribution in [2.75, 3.05) is 30.3 Å². The fourth-order valence-corrected chi connectivity index (χ4v) is 5.32. The van der Waals surface area contributed by atoms with Crippen LogP contribution in [0, 0.1) is 12.8 Å². The molecule has 0 aromatic heterocycles. The molecule has 31 heavy (non-hydrogen) atoms. The van der Waals surface area contributed by atoms with Crippen molar-refractivity contribution in [2.24, 2.45) is 5.92 Å². The van der Waals surface area contributed by atoms with Crippen LogP contribution in [0.4, 0.5) is 11.4 Å². The Morgan fingerprint density at radius 1 is 1.19 bits per heavy atom. The summed E-state index contributed by atoms with van der Waals surface area (Å²) in [4.78, 5) is 24.2. The standard InChI is InChI=1S/C21H22ClN3O5S/c1-13-2-3-15(10-17(13)22)23-21(27)14-6-8-25(9-7-14)31(28,29)16-4-5-19-18(11-16)24-20(26)12-30-19/h2-5,10-11,14H,6-9,12H2,1H3,(H,23,27)(H,24,26). The number of fused-ring (bicyclic) bond motifs is 1. The molecule has 8 nitrogen and oxygen atoms in total. The molecule has 4 rings (SSSR count). The first kappa shape index (κ1) is 21.6. The van der Waals surface area contributed by atoms with Gasteiger partial charge >= 0.3 is 0 Å². The third kappa shape index (κ3) is 4.53. The number of hydrogen-bond acceptors (Lipinski definition) is 5. The summed E-state index contributed by atoms with van der Waals surface area (Å²) in [6.45, 7) is 2.25. The van der Waals surface area contributed by atoms with Crippen molar-refractivity contribution in [1.82, 2.24) is 4.31 Å². The number of rotatable bonds is 4. The van der Waals surface area contributed by atoms with Crippen molar-refractivity contribution in [3.05, 3.63) is 47.0 Å². The molecule has 1 saturated heterocycles. The molecule has 2 aromatic rings. The minimum absolute atomic E-state index is 0.0780. The zero-order valence-corrected chi connectivity index (χ0v) is 18.4. The maximum atomic E-state index is 13.0. The van der Waals surface area contributed by atoms with Crippen LogP contribution in [0.2, 0.25) is 5.02 Å². The van der Waals surface area contributed by atoms with Crippen LogP contribution in [0.15, 0.2) is 41.3 Å². The molecule has 0 aliphatic carbocycles. The average molecular weight is 464 g/mol. The zero-order chi connectivity index (χ0) is 22.2. The quantitative estimate of drug-likeness (QED) is 0.725. The fraction of sp³-hybridized carbons (Fsp3) is 0.333. The van der Waals surface area contributed by atoms with E-state index in [1.807, 2.05) is 13.0 Å². The lowest BCUT2D eigenvalue weighted by molar-refractivity contribution is -0.121. The fourth-order valence-electron chi connectivity index (χ4n) is 3.65. The van der Waals surface area contributed by atoms with E-state index >= 15 is 0 Å². The van der Waals surface area contributed by atoms with Crippen LogP contribution in [-0.4, -0.2) is 44.2 Å². The van der Waals surface area contributed by atoms with Gasteiger partial charge in [-0.1, -0.05) is 17.7 Å². The zero-order valence-electron chi connectivity index (χ0n) is 16.9. The van der Waals surface area contributed by atoms with Gasteiger partial charge in [0.15, 0.2) is 6.61 Å². The maximum Gasteiger partial charge on any atom is 0.262 e. The predicted octanol–water partition coefficient (Wildman–Crippen LogP) is 3.02. The first-order chi connectivity index (χ1) is 14.7. The predicted molar refractivity (Wildman–Crippen MR) is 117 cm³/mol. The van der Waals surface area contributed by atoms with Crippen molar-refractivity contribution >= 4 is 44.8 Å². The van der Waals surface area contributed by atoms with Crippen LogP contribution in [0.25, 0.3) is 0 Å². The lowest BCUT2D eigenvalue weighted by atomic mass is 9.97. The number of nitrogens with zero attached hydrogens (tertiary/aromatic N) is 1. The van der Waals surface area contributed by atoms with Gasteiger partial charge in [-0.3, -0.25) is 9.59 Å². The molecule has 2 aliphatic heterocycles. The van der Waals surface area contributed by atoms with Crippen molar-refractivity contribution in [1.29, 1.82) is 0 Å². The lowest BCUT2D eigenvalue weighted by Gasteiger charge is -2.31. The number of anilines is 2. The lowest BCUT2D eigenvalue weighted by Crippen LogP contribution is -2.41. The summed E-state index contributed by atoms with van der Waals surface area (Å²) in [5.74, 6) is -0.331. The van der Waals surface area contributed by atoms with E-state index in [4.69, 9.17) is 16.3 Å². The van der Waals surface area contributed by atoms with Gasteiger partial charge < -0.3 is 15.4 Å². The van der Waals surface area contributed by atoms with Crippen LogP contribution in [0.5, 0.6) is 5.75 Å². The van der Waals surface area contributed by atoms with Gasteiger partial charge in [0.05, 0.1) is 10.6 Å². The second-order valence-corrected chi connectivity index (χ2v) is 9.97. The van der Waals surface area contributed by atoms with E-state index in [9.17, 15) is 18.0 Å². The van der Waals surface area contributed by atoms with Crippen LogP contribution >= 0.6 is 11.6 Å². The summed E-state index contributed by atoms with van der Waals surface area (Å²) in [7, 11) is -3.75. The molecule has 0 unspecified atom stereocenters.